The van der Waals surface area contributed by atoms with E-state index in [9.17, 15) is 14.7 Å². The van der Waals surface area contributed by atoms with E-state index in [1.165, 1.54) is 11.1 Å². The number of aliphatic carboxylic acids is 1. The molecule has 2 aromatic carbocycles. The van der Waals surface area contributed by atoms with Gasteiger partial charge in [-0.25, -0.2) is 0 Å². The van der Waals surface area contributed by atoms with Crippen LogP contribution in [0, 0.1) is 18.3 Å². The van der Waals surface area contributed by atoms with Crippen LogP contribution in [0.5, 0.6) is 0 Å². The lowest BCUT2D eigenvalue weighted by molar-refractivity contribution is -0.149. The lowest BCUT2D eigenvalue weighted by Crippen LogP contribution is -2.40. The van der Waals surface area contributed by atoms with Crippen LogP contribution in [-0.4, -0.2) is 41.5 Å². The third-order valence-electron chi connectivity index (χ3n) is 5.72. The fourth-order valence-corrected chi connectivity index (χ4v) is 4.29. The average Bonchev–Trinajstić information content (AvgIpc) is 3.14. The maximum atomic E-state index is 12.0. The lowest BCUT2D eigenvalue weighted by atomic mass is 9.81. The van der Waals surface area contributed by atoms with Crippen molar-refractivity contribution >= 4 is 11.9 Å². The molecule has 0 unspecified atom stereocenters. The summed E-state index contributed by atoms with van der Waals surface area (Å²) in [5, 5.41) is 12.4. The highest BCUT2D eigenvalue weighted by atomic mass is 16.4. The molecule has 2 saturated heterocycles. The number of amides is 1. The summed E-state index contributed by atoms with van der Waals surface area (Å²) >= 11 is 0. The van der Waals surface area contributed by atoms with Gasteiger partial charge in [0.2, 0.25) is 5.91 Å². The molecule has 2 fully saturated rings. The van der Waals surface area contributed by atoms with Gasteiger partial charge in [0, 0.05) is 26.2 Å². The molecule has 4 rings (SSSR count). The number of hydrogen-bond donors (Lipinski definition) is 2. The number of carbonyl (C=O) groups excluding carboxylic acids is 1. The molecule has 26 heavy (non-hydrogen) atoms. The highest BCUT2D eigenvalue weighted by Gasteiger charge is 2.59. The average molecular weight is 350 g/mol. The quantitative estimate of drug-likeness (QED) is 0.888. The number of rotatable bonds is 4. The van der Waals surface area contributed by atoms with Gasteiger partial charge in [-0.3, -0.25) is 14.5 Å². The van der Waals surface area contributed by atoms with Crippen LogP contribution in [0.2, 0.25) is 0 Å². The molecular weight excluding hydrogens is 328 g/mol. The van der Waals surface area contributed by atoms with E-state index in [0.29, 0.717) is 19.6 Å². The van der Waals surface area contributed by atoms with E-state index in [2.05, 4.69) is 47.5 Å². The summed E-state index contributed by atoms with van der Waals surface area (Å²) in [4.78, 5) is 25.9. The maximum absolute atomic E-state index is 12.0. The van der Waals surface area contributed by atoms with Crippen molar-refractivity contribution < 1.29 is 14.7 Å². The van der Waals surface area contributed by atoms with Gasteiger partial charge in [0.25, 0.3) is 0 Å². The Bertz CT molecular complexity index is 879. The molecule has 5 heteroatoms. The number of hydrogen-bond acceptors (Lipinski definition) is 3. The number of fused-ring (bicyclic) bond motifs is 1. The van der Waals surface area contributed by atoms with E-state index >= 15 is 0 Å². The second-order valence-electron chi connectivity index (χ2n) is 7.42. The van der Waals surface area contributed by atoms with Gasteiger partial charge in [0.05, 0.1) is 5.92 Å². The molecule has 0 aromatic heterocycles. The van der Waals surface area contributed by atoms with Crippen LogP contribution in [0.25, 0.3) is 11.1 Å². The minimum Gasteiger partial charge on any atom is -0.481 e. The van der Waals surface area contributed by atoms with Gasteiger partial charge in [-0.15, -0.1) is 0 Å². The summed E-state index contributed by atoms with van der Waals surface area (Å²) in [5.74, 6) is -1.47. The van der Waals surface area contributed by atoms with E-state index in [4.69, 9.17) is 0 Å². The van der Waals surface area contributed by atoms with Crippen molar-refractivity contribution in [2.75, 3.05) is 19.6 Å². The molecule has 5 nitrogen and oxygen atoms in total. The largest absolute Gasteiger partial charge is 0.481 e. The first-order valence-electron chi connectivity index (χ1n) is 8.88. The number of benzene rings is 2. The summed E-state index contributed by atoms with van der Waals surface area (Å²) < 4.78 is 0. The fourth-order valence-electron chi connectivity index (χ4n) is 4.29. The zero-order chi connectivity index (χ0) is 18.3. The van der Waals surface area contributed by atoms with Gasteiger partial charge in [-0.05, 0) is 35.2 Å². The number of nitrogens with one attached hydrogen (secondary N) is 1. The van der Waals surface area contributed by atoms with Gasteiger partial charge < -0.3 is 10.4 Å². The van der Waals surface area contributed by atoms with Gasteiger partial charge in [-0.2, -0.15) is 0 Å². The second-order valence-corrected chi connectivity index (χ2v) is 7.42. The molecule has 134 valence electrons. The number of nitrogens with zero attached hydrogens (tertiary/aromatic N) is 1. The normalized spacial score (nSPS) is 25.1. The number of aryl methyl sites for hydroxylation is 1. The van der Waals surface area contributed by atoms with E-state index < -0.39 is 17.3 Å². The molecule has 2 heterocycles. The first kappa shape index (κ1) is 16.8. The third-order valence-corrected chi connectivity index (χ3v) is 5.72. The van der Waals surface area contributed by atoms with Crippen molar-refractivity contribution in [3.63, 3.8) is 0 Å². The molecule has 2 aliphatic rings. The summed E-state index contributed by atoms with van der Waals surface area (Å²) in [6.45, 7) is 3.87. The third kappa shape index (κ3) is 2.69. The Hall–Kier alpha value is -2.66. The highest BCUT2D eigenvalue weighted by Crippen LogP contribution is 2.40. The predicted molar refractivity (Wildman–Crippen MR) is 98.5 cm³/mol. The summed E-state index contributed by atoms with van der Waals surface area (Å²) in [6.07, 6.45) is 0. The Morgan fingerprint density at radius 2 is 2.08 bits per heavy atom. The van der Waals surface area contributed by atoms with Crippen molar-refractivity contribution in [2.45, 2.75) is 13.5 Å². The molecule has 2 aromatic rings. The van der Waals surface area contributed by atoms with Crippen molar-refractivity contribution in [3.8, 4) is 11.1 Å². The molecule has 1 amide bonds. The van der Waals surface area contributed by atoms with Crippen LogP contribution in [0.1, 0.15) is 11.1 Å². The molecule has 0 radical (unpaired) electrons. The first-order chi connectivity index (χ1) is 12.5. The minimum absolute atomic E-state index is 0.136. The predicted octanol–water partition coefficient (Wildman–Crippen LogP) is 2.29. The van der Waals surface area contributed by atoms with Crippen LogP contribution in [0.4, 0.5) is 0 Å². The van der Waals surface area contributed by atoms with Crippen molar-refractivity contribution in [1.29, 1.82) is 0 Å². The van der Waals surface area contributed by atoms with Crippen LogP contribution < -0.4 is 5.32 Å². The zero-order valence-corrected chi connectivity index (χ0v) is 14.7. The van der Waals surface area contributed by atoms with Crippen molar-refractivity contribution in [3.05, 3.63) is 59.7 Å². The smallest absolute Gasteiger partial charge is 0.313 e. The van der Waals surface area contributed by atoms with E-state index in [0.717, 1.165) is 11.1 Å². The first-order valence-corrected chi connectivity index (χ1v) is 8.88. The molecule has 2 aliphatic heterocycles. The Kier molecular flexibility index (Phi) is 4.04. The van der Waals surface area contributed by atoms with E-state index in [1.807, 2.05) is 18.2 Å². The molecule has 0 aliphatic carbocycles. The Labute approximate surface area is 152 Å². The van der Waals surface area contributed by atoms with Gasteiger partial charge in [0.1, 0.15) is 5.41 Å². The summed E-state index contributed by atoms with van der Waals surface area (Å²) in [7, 11) is 0. The second kappa shape index (κ2) is 6.25. The van der Waals surface area contributed by atoms with Crippen molar-refractivity contribution in [1.82, 2.24) is 10.2 Å². The van der Waals surface area contributed by atoms with Gasteiger partial charge >= 0.3 is 5.97 Å². The standard InChI is InChI=1S/C21H22N2O3/c1-14-5-2-3-8-17(14)16-7-4-6-15(9-16)10-23-11-18-19(24)22-12-21(18,13-23)20(25)26/h2-9,18H,10-13H2,1H3,(H,22,24)(H,25,26)/t18-,21+/m1/s1. The van der Waals surface area contributed by atoms with Crippen LogP contribution in [0.15, 0.2) is 48.5 Å². The number of likely N-dealkylation sites (tertiary alicyclic amines) is 1. The Balaban J connectivity index is 1.56. The van der Waals surface area contributed by atoms with Crippen LogP contribution in [0.3, 0.4) is 0 Å². The van der Waals surface area contributed by atoms with E-state index in [1.54, 1.807) is 0 Å². The highest BCUT2D eigenvalue weighted by molar-refractivity contribution is 5.92. The van der Waals surface area contributed by atoms with Crippen LogP contribution in [-0.2, 0) is 16.1 Å². The summed E-state index contributed by atoms with van der Waals surface area (Å²) in [6, 6.07) is 16.6. The number of carbonyl (C=O) groups is 2. The maximum Gasteiger partial charge on any atom is 0.313 e. The minimum atomic E-state index is -0.981. The lowest BCUT2D eigenvalue weighted by Gasteiger charge is -2.22. The SMILES string of the molecule is Cc1ccccc1-c1cccc(CN2C[C@@H]3C(=O)NC[C@]3(C(=O)O)C2)c1. The molecule has 2 N–H and O–H groups in total. The number of carboxylic acids is 1. The molecular formula is C21H22N2O3. The topological polar surface area (TPSA) is 69.6 Å². The number of carboxylic acid groups (broad SMARTS) is 1. The Morgan fingerprint density at radius 1 is 1.27 bits per heavy atom. The van der Waals surface area contributed by atoms with Crippen molar-refractivity contribution in [2.24, 2.45) is 11.3 Å². The fraction of sp³-hybridized carbons (Fsp3) is 0.333. The molecule has 0 spiro atoms. The van der Waals surface area contributed by atoms with Crippen LogP contribution >= 0.6 is 0 Å². The molecule has 2 atom stereocenters. The van der Waals surface area contributed by atoms with Gasteiger partial charge in [-0.1, -0.05) is 42.5 Å². The van der Waals surface area contributed by atoms with Gasteiger partial charge in [0.15, 0.2) is 0 Å². The Morgan fingerprint density at radius 3 is 2.81 bits per heavy atom. The molecule has 0 bridgehead atoms. The van der Waals surface area contributed by atoms with E-state index in [-0.39, 0.29) is 12.5 Å². The zero-order valence-electron chi connectivity index (χ0n) is 14.7. The monoisotopic (exact) mass is 350 g/mol. The molecule has 0 saturated carbocycles. The summed E-state index contributed by atoms with van der Waals surface area (Å²) in [5.41, 5.74) is 3.73.